The summed E-state index contributed by atoms with van der Waals surface area (Å²) in [5, 5.41) is 10.6. The first kappa shape index (κ1) is 12.9. The molecule has 1 aromatic carbocycles. The molecule has 18 heavy (non-hydrogen) atoms. The lowest BCUT2D eigenvalue weighted by Gasteiger charge is -2.25. The van der Waals surface area contributed by atoms with Crippen molar-refractivity contribution < 1.29 is 22.8 Å². The monoisotopic (exact) mass is 274 g/mol. The highest BCUT2D eigenvalue weighted by molar-refractivity contribution is 7.89. The molecule has 0 unspecified atom stereocenters. The summed E-state index contributed by atoms with van der Waals surface area (Å²) >= 11 is 0. The number of nitro groups is 1. The van der Waals surface area contributed by atoms with Crippen molar-refractivity contribution in [2.45, 2.75) is 4.90 Å². The number of sulfonamides is 1. The van der Waals surface area contributed by atoms with E-state index < -0.39 is 14.9 Å². The van der Waals surface area contributed by atoms with E-state index in [1.807, 2.05) is 0 Å². The molecule has 1 aromatic rings. The fourth-order valence-electron chi connectivity index (χ4n) is 1.42. The van der Waals surface area contributed by atoms with E-state index in [-0.39, 0.29) is 30.8 Å². The van der Waals surface area contributed by atoms with Crippen LogP contribution in [0.2, 0.25) is 0 Å². The Morgan fingerprint density at radius 3 is 2.56 bits per heavy atom. The number of nitro benzene ring substituents is 1. The normalized spacial score (nSPS) is 17.6. The van der Waals surface area contributed by atoms with Gasteiger partial charge in [0, 0.05) is 12.1 Å². The van der Waals surface area contributed by atoms with Crippen LogP contribution in [0, 0.1) is 10.1 Å². The predicted octanol–water partition coefficient (Wildman–Crippen LogP) is 0.505. The van der Waals surface area contributed by atoms with Gasteiger partial charge in [0.2, 0.25) is 10.0 Å². The quantitative estimate of drug-likeness (QED) is 0.588. The minimum Gasteiger partial charge on any atom is -0.339 e. The molecule has 98 valence electrons. The lowest BCUT2D eigenvalue weighted by molar-refractivity contribution is -0.385. The zero-order valence-corrected chi connectivity index (χ0v) is 10.00. The van der Waals surface area contributed by atoms with Gasteiger partial charge < -0.3 is 9.47 Å². The minimum absolute atomic E-state index is 0.0287. The van der Waals surface area contributed by atoms with Gasteiger partial charge in [-0.1, -0.05) is 6.07 Å². The Morgan fingerprint density at radius 2 is 1.94 bits per heavy atom. The Balaban J connectivity index is 2.34. The molecule has 0 N–H and O–H groups in total. The predicted molar refractivity (Wildman–Crippen MR) is 58.9 cm³/mol. The van der Waals surface area contributed by atoms with Crippen LogP contribution in [-0.4, -0.2) is 37.9 Å². The number of benzene rings is 1. The number of hydrogen-bond donors (Lipinski definition) is 0. The van der Waals surface area contributed by atoms with E-state index in [1.165, 1.54) is 18.2 Å². The standard InChI is InChI=1S/C9H10N2O6S/c12-11(13)8-2-1-3-9(4-8)18(14,15)10-5-16-7-17-6-10/h1-4H,5-7H2. The number of nitrogens with zero attached hydrogens (tertiary/aromatic N) is 2. The molecule has 0 radical (unpaired) electrons. The van der Waals surface area contributed by atoms with Crippen LogP contribution in [0.3, 0.4) is 0 Å². The summed E-state index contributed by atoms with van der Waals surface area (Å²) in [4.78, 5) is 9.79. The van der Waals surface area contributed by atoms with Gasteiger partial charge >= 0.3 is 0 Å². The summed E-state index contributed by atoms with van der Waals surface area (Å²) in [5.41, 5.74) is -0.282. The van der Waals surface area contributed by atoms with Crippen LogP contribution in [0.1, 0.15) is 0 Å². The molecule has 0 saturated carbocycles. The van der Waals surface area contributed by atoms with Gasteiger partial charge in [-0.05, 0) is 6.07 Å². The summed E-state index contributed by atoms with van der Waals surface area (Å²) in [6, 6.07) is 4.83. The first-order valence-corrected chi connectivity index (χ1v) is 6.36. The van der Waals surface area contributed by atoms with Crippen LogP contribution in [0.4, 0.5) is 5.69 Å². The van der Waals surface area contributed by atoms with E-state index in [1.54, 1.807) is 0 Å². The maximum Gasteiger partial charge on any atom is 0.270 e. The molecule has 1 fully saturated rings. The van der Waals surface area contributed by atoms with Crippen LogP contribution in [0.5, 0.6) is 0 Å². The van der Waals surface area contributed by atoms with E-state index in [4.69, 9.17) is 9.47 Å². The van der Waals surface area contributed by atoms with Crippen molar-refractivity contribution in [1.29, 1.82) is 0 Å². The largest absolute Gasteiger partial charge is 0.339 e. The molecule has 1 aliphatic heterocycles. The molecule has 0 spiro atoms. The lowest BCUT2D eigenvalue weighted by Crippen LogP contribution is -2.39. The van der Waals surface area contributed by atoms with Gasteiger partial charge in [0.15, 0.2) is 0 Å². The number of rotatable bonds is 3. The fourth-order valence-corrected chi connectivity index (χ4v) is 2.66. The first-order valence-electron chi connectivity index (χ1n) is 4.92. The Morgan fingerprint density at radius 1 is 1.28 bits per heavy atom. The third-order valence-electron chi connectivity index (χ3n) is 2.30. The maximum atomic E-state index is 12.1. The van der Waals surface area contributed by atoms with E-state index in [0.29, 0.717) is 0 Å². The molecule has 8 nitrogen and oxygen atoms in total. The molecule has 1 saturated heterocycles. The number of hydrogen-bond acceptors (Lipinski definition) is 6. The van der Waals surface area contributed by atoms with Gasteiger partial charge in [-0.25, -0.2) is 8.42 Å². The van der Waals surface area contributed by atoms with Crippen LogP contribution in [0.15, 0.2) is 29.2 Å². The van der Waals surface area contributed by atoms with Crippen LogP contribution in [0.25, 0.3) is 0 Å². The summed E-state index contributed by atoms with van der Waals surface area (Å²) in [5.74, 6) is 0. The SMILES string of the molecule is O=[N+]([O-])c1cccc(S(=O)(=O)N2COCOC2)c1. The van der Waals surface area contributed by atoms with Crippen molar-refractivity contribution in [2.75, 3.05) is 20.3 Å². The second-order valence-corrected chi connectivity index (χ2v) is 5.43. The molecule has 9 heteroatoms. The maximum absolute atomic E-state index is 12.1. The molecule has 0 atom stereocenters. The summed E-state index contributed by atoms with van der Waals surface area (Å²) in [7, 11) is -3.84. The summed E-state index contributed by atoms with van der Waals surface area (Å²) < 4.78 is 34.9. The molecule has 0 bridgehead atoms. The van der Waals surface area contributed by atoms with Crippen molar-refractivity contribution in [3.63, 3.8) is 0 Å². The third kappa shape index (κ3) is 2.48. The van der Waals surface area contributed by atoms with E-state index >= 15 is 0 Å². The van der Waals surface area contributed by atoms with Gasteiger partial charge in [-0.3, -0.25) is 10.1 Å². The van der Waals surface area contributed by atoms with Crippen molar-refractivity contribution in [3.05, 3.63) is 34.4 Å². The van der Waals surface area contributed by atoms with E-state index in [9.17, 15) is 18.5 Å². The highest BCUT2D eigenvalue weighted by Crippen LogP contribution is 2.21. The number of ether oxygens (including phenoxy) is 2. The van der Waals surface area contributed by atoms with Crippen molar-refractivity contribution in [1.82, 2.24) is 4.31 Å². The van der Waals surface area contributed by atoms with Crippen molar-refractivity contribution in [3.8, 4) is 0 Å². The topological polar surface area (TPSA) is 99.0 Å². The minimum atomic E-state index is -3.84. The molecule has 1 heterocycles. The summed E-state index contributed by atoms with van der Waals surface area (Å²) in [6.45, 7) is -0.239. The molecule has 0 aliphatic carbocycles. The second kappa shape index (κ2) is 4.98. The van der Waals surface area contributed by atoms with Crippen LogP contribution in [-0.2, 0) is 19.5 Å². The average molecular weight is 274 g/mol. The van der Waals surface area contributed by atoms with Gasteiger partial charge in [0.25, 0.3) is 5.69 Å². The average Bonchev–Trinajstić information content (AvgIpc) is 2.40. The third-order valence-corrected chi connectivity index (χ3v) is 4.04. The lowest BCUT2D eigenvalue weighted by atomic mass is 10.3. The van der Waals surface area contributed by atoms with Crippen LogP contribution >= 0.6 is 0 Å². The smallest absolute Gasteiger partial charge is 0.270 e. The molecular weight excluding hydrogens is 264 g/mol. The highest BCUT2D eigenvalue weighted by Gasteiger charge is 2.28. The second-order valence-electron chi connectivity index (χ2n) is 3.50. The van der Waals surface area contributed by atoms with Gasteiger partial charge in [0.1, 0.15) is 20.3 Å². The fraction of sp³-hybridized carbons (Fsp3) is 0.333. The number of non-ortho nitro benzene ring substituents is 1. The zero-order valence-electron chi connectivity index (χ0n) is 9.18. The Bertz CT molecular complexity index is 552. The van der Waals surface area contributed by atoms with E-state index in [2.05, 4.69) is 0 Å². The molecule has 2 rings (SSSR count). The molecule has 0 aromatic heterocycles. The van der Waals surface area contributed by atoms with E-state index in [0.717, 1.165) is 10.4 Å². The van der Waals surface area contributed by atoms with Gasteiger partial charge in [-0.15, -0.1) is 4.31 Å². The Kier molecular flexibility index (Phi) is 3.57. The first-order chi connectivity index (χ1) is 8.51. The summed E-state index contributed by atoms with van der Waals surface area (Å²) in [6.07, 6.45) is 0. The molecule has 0 amide bonds. The molecular formula is C9H10N2O6S. The Labute approximate surface area is 103 Å². The van der Waals surface area contributed by atoms with Crippen molar-refractivity contribution in [2.24, 2.45) is 0 Å². The Hall–Kier alpha value is -1.55. The van der Waals surface area contributed by atoms with Gasteiger partial charge in [0.05, 0.1) is 9.82 Å². The molecule has 1 aliphatic rings. The van der Waals surface area contributed by atoms with Gasteiger partial charge in [-0.2, -0.15) is 0 Å². The highest BCUT2D eigenvalue weighted by atomic mass is 32.2. The van der Waals surface area contributed by atoms with Crippen LogP contribution < -0.4 is 0 Å². The zero-order chi connectivity index (χ0) is 13.2. The van der Waals surface area contributed by atoms with Crippen molar-refractivity contribution >= 4 is 15.7 Å².